The molecule has 0 saturated carbocycles. The summed E-state index contributed by atoms with van der Waals surface area (Å²) in [6.45, 7) is 8.16. The van der Waals surface area contributed by atoms with Crippen molar-refractivity contribution in [3.8, 4) is 11.4 Å². The minimum absolute atomic E-state index is 0.584. The molecule has 0 atom stereocenters. The van der Waals surface area contributed by atoms with Crippen molar-refractivity contribution in [1.82, 2.24) is 9.47 Å². The third-order valence-electron chi connectivity index (χ3n) is 5.43. The van der Waals surface area contributed by atoms with Gasteiger partial charge in [0.1, 0.15) is 12.4 Å². The lowest BCUT2D eigenvalue weighted by molar-refractivity contribution is 0.296. The maximum atomic E-state index is 5.98. The first kappa shape index (κ1) is 19.3. The molecular weight excluding hydrogens is 356 g/mol. The first-order valence-corrected chi connectivity index (χ1v) is 10.4. The first-order chi connectivity index (χ1) is 14.3. The van der Waals surface area contributed by atoms with Crippen molar-refractivity contribution in [2.45, 2.75) is 27.0 Å². The second-order valence-corrected chi connectivity index (χ2v) is 7.31. The molecule has 0 aliphatic heterocycles. The Kier molecular flexibility index (Phi) is 5.97. The Bertz CT molecular complexity index is 1050. The van der Waals surface area contributed by atoms with Crippen molar-refractivity contribution in [2.75, 3.05) is 13.1 Å². The van der Waals surface area contributed by atoms with Gasteiger partial charge in [0.25, 0.3) is 0 Å². The number of aromatic nitrogens is 1. The third kappa shape index (κ3) is 4.52. The fraction of sp³-hybridized carbons (Fsp3) is 0.231. The largest absolute Gasteiger partial charge is 0.489 e. The van der Waals surface area contributed by atoms with E-state index < -0.39 is 0 Å². The van der Waals surface area contributed by atoms with Gasteiger partial charge in [0, 0.05) is 23.8 Å². The summed E-state index contributed by atoms with van der Waals surface area (Å²) < 4.78 is 8.21. The normalized spacial score (nSPS) is 11.3. The van der Waals surface area contributed by atoms with Crippen LogP contribution in [0.15, 0.2) is 85.1 Å². The average molecular weight is 385 g/mol. The van der Waals surface area contributed by atoms with Crippen molar-refractivity contribution in [3.63, 3.8) is 0 Å². The Balaban J connectivity index is 1.50. The zero-order valence-corrected chi connectivity index (χ0v) is 17.2. The standard InChI is InChI=1S/C26H28N2O/c1-3-27(4-2)19-21-10-12-24(13-11-21)28-17-16-23-18-25(14-15-26(23)28)29-20-22-8-6-5-7-9-22/h5-18H,3-4,19-20H2,1-2H3. The minimum atomic E-state index is 0.584. The van der Waals surface area contributed by atoms with E-state index in [-0.39, 0.29) is 0 Å². The summed E-state index contributed by atoms with van der Waals surface area (Å²) in [5.74, 6) is 0.897. The average Bonchev–Trinajstić information content (AvgIpc) is 3.20. The summed E-state index contributed by atoms with van der Waals surface area (Å²) in [5, 5.41) is 1.18. The molecular formula is C26H28N2O. The van der Waals surface area contributed by atoms with Crippen LogP contribution >= 0.6 is 0 Å². The third-order valence-corrected chi connectivity index (χ3v) is 5.43. The van der Waals surface area contributed by atoms with Crippen molar-refractivity contribution in [2.24, 2.45) is 0 Å². The highest BCUT2D eigenvalue weighted by Gasteiger charge is 2.06. The summed E-state index contributed by atoms with van der Waals surface area (Å²) in [5.41, 5.74) is 4.90. The molecule has 0 saturated heterocycles. The molecule has 0 bridgehead atoms. The van der Waals surface area contributed by atoms with Gasteiger partial charge in [0.15, 0.2) is 0 Å². The van der Waals surface area contributed by atoms with Gasteiger partial charge >= 0.3 is 0 Å². The molecule has 0 amide bonds. The molecule has 0 aliphatic rings. The molecule has 0 spiro atoms. The summed E-state index contributed by atoms with van der Waals surface area (Å²) >= 11 is 0. The van der Waals surface area contributed by atoms with E-state index in [0.717, 1.165) is 25.4 Å². The lowest BCUT2D eigenvalue weighted by atomic mass is 10.2. The quantitative estimate of drug-likeness (QED) is 0.368. The number of hydrogen-bond donors (Lipinski definition) is 0. The highest BCUT2D eigenvalue weighted by Crippen LogP contribution is 2.25. The van der Waals surface area contributed by atoms with Crippen LogP contribution < -0.4 is 4.74 Å². The summed E-state index contributed by atoms with van der Waals surface area (Å²) in [4.78, 5) is 2.43. The molecule has 0 N–H and O–H groups in total. The van der Waals surface area contributed by atoms with Gasteiger partial charge in [0.2, 0.25) is 0 Å². The molecule has 3 aromatic carbocycles. The van der Waals surface area contributed by atoms with Crippen LogP contribution in [-0.4, -0.2) is 22.6 Å². The molecule has 0 fully saturated rings. The van der Waals surface area contributed by atoms with Crippen LogP contribution in [0.3, 0.4) is 0 Å². The van der Waals surface area contributed by atoms with E-state index in [4.69, 9.17) is 4.74 Å². The Morgan fingerprint density at radius 1 is 0.793 bits per heavy atom. The van der Waals surface area contributed by atoms with Crippen LogP contribution in [0.5, 0.6) is 5.75 Å². The highest BCUT2D eigenvalue weighted by molar-refractivity contribution is 5.83. The molecule has 1 aromatic heterocycles. The van der Waals surface area contributed by atoms with E-state index in [1.807, 2.05) is 18.2 Å². The van der Waals surface area contributed by atoms with Crippen molar-refractivity contribution < 1.29 is 4.74 Å². The molecule has 4 aromatic rings. The van der Waals surface area contributed by atoms with Gasteiger partial charge in [-0.2, -0.15) is 0 Å². The molecule has 148 valence electrons. The maximum absolute atomic E-state index is 5.98. The predicted molar refractivity (Wildman–Crippen MR) is 121 cm³/mol. The molecule has 3 nitrogen and oxygen atoms in total. The lowest BCUT2D eigenvalue weighted by Crippen LogP contribution is -2.22. The van der Waals surface area contributed by atoms with Gasteiger partial charge in [-0.15, -0.1) is 0 Å². The fourth-order valence-electron chi connectivity index (χ4n) is 3.64. The fourth-order valence-corrected chi connectivity index (χ4v) is 3.64. The van der Waals surface area contributed by atoms with E-state index in [1.165, 1.54) is 27.7 Å². The van der Waals surface area contributed by atoms with Gasteiger partial charge in [-0.25, -0.2) is 0 Å². The summed E-state index contributed by atoms with van der Waals surface area (Å²) in [6, 6.07) is 27.6. The molecule has 0 radical (unpaired) electrons. The predicted octanol–water partition coefficient (Wildman–Crippen LogP) is 6.05. The highest BCUT2D eigenvalue weighted by atomic mass is 16.5. The van der Waals surface area contributed by atoms with Gasteiger partial charge in [-0.3, -0.25) is 4.90 Å². The number of nitrogens with zero attached hydrogens (tertiary/aromatic N) is 2. The van der Waals surface area contributed by atoms with Crippen LogP contribution in [0, 0.1) is 0 Å². The molecule has 29 heavy (non-hydrogen) atoms. The SMILES string of the molecule is CCN(CC)Cc1ccc(-n2ccc3cc(OCc4ccccc4)ccc32)cc1. The zero-order chi connectivity index (χ0) is 20.1. The topological polar surface area (TPSA) is 17.4 Å². The maximum Gasteiger partial charge on any atom is 0.120 e. The number of benzene rings is 3. The molecule has 1 heterocycles. The Morgan fingerprint density at radius 3 is 2.28 bits per heavy atom. The van der Waals surface area contributed by atoms with Gasteiger partial charge in [-0.05, 0) is 60.6 Å². The molecule has 0 aliphatic carbocycles. The van der Waals surface area contributed by atoms with Crippen LogP contribution in [0.25, 0.3) is 16.6 Å². The molecule has 4 rings (SSSR count). The van der Waals surface area contributed by atoms with Gasteiger partial charge in [0.05, 0.1) is 5.52 Å². The molecule has 0 unspecified atom stereocenters. The Morgan fingerprint density at radius 2 is 1.55 bits per heavy atom. The van der Waals surface area contributed by atoms with E-state index in [9.17, 15) is 0 Å². The van der Waals surface area contributed by atoms with Crippen LogP contribution in [0.2, 0.25) is 0 Å². The Labute approximate surface area is 173 Å². The number of rotatable bonds is 8. The summed E-state index contributed by atoms with van der Waals surface area (Å²) in [7, 11) is 0. The zero-order valence-electron chi connectivity index (χ0n) is 17.2. The van der Waals surface area contributed by atoms with Crippen LogP contribution in [0.4, 0.5) is 0 Å². The monoisotopic (exact) mass is 384 g/mol. The second-order valence-electron chi connectivity index (χ2n) is 7.31. The van der Waals surface area contributed by atoms with Crippen molar-refractivity contribution >= 4 is 10.9 Å². The van der Waals surface area contributed by atoms with Crippen molar-refractivity contribution in [1.29, 1.82) is 0 Å². The van der Waals surface area contributed by atoms with E-state index in [0.29, 0.717) is 6.61 Å². The number of hydrogen-bond acceptors (Lipinski definition) is 2. The number of ether oxygens (including phenoxy) is 1. The van der Waals surface area contributed by atoms with Gasteiger partial charge < -0.3 is 9.30 Å². The second kappa shape index (κ2) is 8.97. The summed E-state index contributed by atoms with van der Waals surface area (Å²) in [6.07, 6.45) is 2.13. The van der Waals surface area contributed by atoms with E-state index in [2.05, 4.69) is 90.2 Å². The van der Waals surface area contributed by atoms with E-state index in [1.54, 1.807) is 0 Å². The van der Waals surface area contributed by atoms with Crippen molar-refractivity contribution in [3.05, 3.63) is 96.2 Å². The minimum Gasteiger partial charge on any atom is -0.489 e. The number of fused-ring (bicyclic) bond motifs is 1. The van der Waals surface area contributed by atoms with Gasteiger partial charge in [-0.1, -0.05) is 56.3 Å². The van der Waals surface area contributed by atoms with Crippen LogP contribution in [0.1, 0.15) is 25.0 Å². The van der Waals surface area contributed by atoms with Crippen LogP contribution in [-0.2, 0) is 13.2 Å². The molecule has 3 heteroatoms. The smallest absolute Gasteiger partial charge is 0.120 e. The lowest BCUT2D eigenvalue weighted by Gasteiger charge is -2.18. The Hall–Kier alpha value is -3.04. The first-order valence-electron chi connectivity index (χ1n) is 10.4. The van der Waals surface area contributed by atoms with E-state index >= 15 is 0 Å².